The second-order valence-corrected chi connectivity index (χ2v) is 3.78. The molecule has 0 aliphatic heterocycles. The number of rotatable bonds is 5. The highest BCUT2D eigenvalue weighted by Gasteiger charge is 2.06. The van der Waals surface area contributed by atoms with Crippen molar-refractivity contribution in [1.82, 2.24) is 5.32 Å². The average molecular weight is 273 g/mol. The van der Waals surface area contributed by atoms with Gasteiger partial charge in [-0.2, -0.15) is 0 Å². The molecule has 0 aromatic heterocycles. The molecule has 18 heavy (non-hydrogen) atoms. The van der Waals surface area contributed by atoms with Crippen molar-refractivity contribution in [1.29, 1.82) is 0 Å². The fourth-order valence-corrected chi connectivity index (χ4v) is 1.39. The van der Waals surface area contributed by atoms with Gasteiger partial charge in [0, 0.05) is 18.3 Å². The van der Waals surface area contributed by atoms with Crippen molar-refractivity contribution in [2.24, 2.45) is 0 Å². The van der Waals surface area contributed by atoms with E-state index in [1.165, 1.54) is 7.11 Å². The second-order valence-electron chi connectivity index (χ2n) is 3.37. The van der Waals surface area contributed by atoms with Gasteiger partial charge in [0.15, 0.2) is 0 Å². The van der Waals surface area contributed by atoms with Crippen molar-refractivity contribution < 1.29 is 19.4 Å². The molecule has 0 fully saturated rings. The van der Waals surface area contributed by atoms with Gasteiger partial charge in [0.2, 0.25) is 0 Å². The summed E-state index contributed by atoms with van der Waals surface area (Å²) >= 11 is 5.83. The van der Waals surface area contributed by atoms with Gasteiger partial charge in [-0.1, -0.05) is 11.6 Å². The van der Waals surface area contributed by atoms with E-state index in [2.05, 4.69) is 10.6 Å². The third-order valence-corrected chi connectivity index (χ3v) is 2.35. The van der Waals surface area contributed by atoms with Crippen molar-refractivity contribution in [2.75, 3.05) is 19.0 Å². The molecule has 0 heterocycles. The lowest BCUT2D eigenvalue weighted by molar-refractivity contribution is -0.136. The van der Waals surface area contributed by atoms with E-state index in [-0.39, 0.29) is 13.0 Å². The number of methoxy groups -OCH3 is 1. The van der Waals surface area contributed by atoms with Gasteiger partial charge >= 0.3 is 12.0 Å². The molecule has 0 bridgehead atoms. The SMILES string of the molecule is COc1cc(NC(=O)NCCC(=O)O)ccc1Cl. The van der Waals surface area contributed by atoms with Crippen molar-refractivity contribution in [3.05, 3.63) is 23.2 Å². The van der Waals surface area contributed by atoms with Crippen LogP contribution >= 0.6 is 11.6 Å². The molecule has 0 radical (unpaired) electrons. The molecular weight excluding hydrogens is 260 g/mol. The smallest absolute Gasteiger partial charge is 0.319 e. The molecule has 1 aromatic rings. The van der Waals surface area contributed by atoms with Gasteiger partial charge in [-0.15, -0.1) is 0 Å². The Balaban J connectivity index is 2.51. The van der Waals surface area contributed by atoms with Gasteiger partial charge in [0.1, 0.15) is 5.75 Å². The van der Waals surface area contributed by atoms with E-state index in [0.717, 1.165) is 0 Å². The molecule has 98 valence electrons. The summed E-state index contributed by atoms with van der Waals surface area (Å²) in [5.74, 6) is -0.525. The molecule has 0 aliphatic rings. The molecule has 3 N–H and O–H groups in total. The van der Waals surface area contributed by atoms with Gasteiger partial charge in [0.25, 0.3) is 0 Å². The average Bonchev–Trinajstić information content (AvgIpc) is 2.31. The minimum atomic E-state index is -0.969. The summed E-state index contributed by atoms with van der Waals surface area (Å²) in [5, 5.41) is 13.8. The van der Waals surface area contributed by atoms with E-state index in [9.17, 15) is 9.59 Å². The summed E-state index contributed by atoms with van der Waals surface area (Å²) in [7, 11) is 1.47. The van der Waals surface area contributed by atoms with Gasteiger partial charge in [-0.25, -0.2) is 4.79 Å². The van der Waals surface area contributed by atoms with Crippen LogP contribution in [-0.2, 0) is 4.79 Å². The van der Waals surface area contributed by atoms with Crippen LogP contribution in [-0.4, -0.2) is 30.8 Å². The Hall–Kier alpha value is -1.95. The van der Waals surface area contributed by atoms with Crippen LogP contribution in [0.1, 0.15) is 6.42 Å². The maximum atomic E-state index is 11.4. The first-order valence-corrected chi connectivity index (χ1v) is 5.51. The van der Waals surface area contributed by atoms with Gasteiger partial charge in [-0.3, -0.25) is 4.79 Å². The number of carbonyl (C=O) groups excluding carboxylic acids is 1. The first kappa shape index (κ1) is 14.1. The lowest BCUT2D eigenvalue weighted by atomic mass is 10.3. The number of anilines is 1. The largest absolute Gasteiger partial charge is 0.495 e. The predicted octanol–water partition coefficient (Wildman–Crippen LogP) is 1.94. The molecule has 0 saturated carbocycles. The molecular formula is C11H13ClN2O4. The second kappa shape index (κ2) is 6.70. The van der Waals surface area contributed by atoms with Gasteiger partial charge in [-0.05, 0) is 12.1 Å². The highest BCUT2D eigenvalue weighted by Crippen LogP contribution is 2.27. The van der Waals surface area contributed by atoms with Crippen molar-refractivity contribution in [3.8, 4) is 5.75 Å². The summed E-state index contributed by atoms with van der Waals surface area (Å²) < 4.78 is 5.00. The van der Waals surface area contributed by atoms with Crippen LogP contribution in [0.25, 0.3) is 0 Å². The van der Waals surface area contributed by atoms with E-state index in [0.29, 0.717) is 16.5 Å². The Morgan fingerprint density at radius 2 is 2.17 bits per heavy atom. The van der Waals surface area contributed by atoms with Crippen LogP contribution in [0.3, 0.4) is 0 Å². The summed E-state index contributed by atoms with van der Waals surface area (Å²) in [6.07, 6.45) is -0.128. The number of amides is 2. The number of carboxylic acid groups (broad SMARTS) is 1. The molecule has 1 rings (SSSR count). The molecule has 0 atom stereocenters. The van der Waals surface area contributed by atoms with Gasteiger partial charge < -0.3 is 20.5 Å². The minimum Gasteiger partial charge on any atom is -0.495 e. The minimum absolute atomic E-state index is 0.0614. The summed E-state index contributed by atoms with van der Waals surface area (Å²) in [6, 6.07) is 4.29. The maximum Gasteiger partial charge on any atom is 0.319 e. The number of ether oxygens (including phenoxy) is 1. The third-order valence-electron chi connectivity index (χ3n) is 2.03. The zero-order valence-corrected chi connectivity index (χ0v) is 10.5. The van der Waals surface area contributed by atoms with E-state index >= 15 is 0 Å². The molecule has 0 aliphatic carbocycles. The van der Waals surface area contributed by atoms with Gasteiger partial charge in [0.05, 0.1) is 18.6 Å². The normalized spacial score (nSPS) is 9.67. The van der Waals surface area contributed by atoms with E-state index in [1.807, 2.05) is 0 Å². The van der Waals surface area contributed by atoms with Crippen LogP contribution in [0, 0.1) is 0 Å². The number of carboxylic acids is 1. The zero-order valence-electron chi connectivity index (χ0n) is 9.70. The Morgan fingerprint density at radius 3 is 2.78 bits per heavy atom. The van der Waals surface area contributed by atoms with Crippen LogP contribution in [0.4, 0.5) is 10.5 Å². The first-order valence-electron chi connectivity index (χ1n) is 5.13. The number of benzene rings is 1. The number of aliphatic carboxylic acids is 1. The Morgan fingerprint density at radius 1 is 1.44 bits per heavy atom. The Bertz CT molecular complexity index is 451. The number of urea groups is 1. The third kappa shape index (κ3) is 4.50. The number of hydrogen-bond acceptors (Lipinski definition) is 3. The number of carbonyl (C=O) groups is 2. The van der Waals surface area contributed by atoms with Crippen LogP contribution in [0.2, 0.25) is 5.02 Å². The van der Waals surface area contributed by atoms with Crippen LogP contribution in [0.15, 0.2) is 18.2 Å². The number of hydrogen-bond donors (Lipinski definition) is 3. The monoisotopic (exact) mass is 272 g/mol. The fourth-order valence-electron chi connectivity index (χ4n) is 1.20. The van der Waals surface area contributed by atoms with E-state index in [4.69, 9.17) is 21.4 Å². The van der Waals surface area contributed by atoms with Crippen LogP contribution < -0.4 is 15.4 Å². The molecule has 1 aromatic carbocycles. The Kier molecular flexibility index (Phi) is 5.26. The fraction of sp³-hybridized carbons (Fsp3) is 0.273. The molecule has 2 amide bonds. The van der Waals surface area contributed by atoms with E-state index < -0.39 is 12.0 Å². The molecule has 0 saturated heterocycles. The predicted molar refractivity (Wildman–Crippen MR) is 67.3 cm³/mol. The van der Waals surface area contributed by atoms with Crippen LogP contribution in [0.5, 0.6) is 5.75 Å². The molecule has 6 nitrogen and oxygen atoms in total. The lowest BCUT2D eigenvalue weighted by Crippen LogP contribution is -2.30. The summed E-state index contributed by atoms with van der Waals surface area (Å²) in [6.45, 7) is 0.0614. The number of nitrogens with one attached hydrogen (secondary N) is 2. The van der Waals surface area contributed by atoms with Crippen molar-refractivity contribution in [3.63, 3.8) is 0 Å². The first-order chi connectivity index (χ1) is 8.52. The van der Waals surface area contributed by atoms with Crippen molar-refractivity contribution >= 4 is 29.3 Å². The summed E-state index contributed by atoms with van der Waals surface area (Å²) in [4.78, 5) is 21.6. The summed E-state index contributed by atoms with van der Waals surface area (Å²) in [5.41, 5.74) is 0.504. The topological polar surface area (TPSA) is 87.7 Å². The Labute approximate surface area is 109 Å². The molecule has 0 unspecified atom stereocenters. The zero-order chi connectivity index (χ0) is 13.5. The maximum absolute atomic E-state index is 11.4. The quantitative estimate of drug-likeness (QED) is 0.764. The van der Waals surface area contributed by atoms with Crippen molar-refractivity contribution in [2.45, 2.75) is 6.42 Å². The molecule has 7 heteroatoms. The molecule has 0 spiro atoms. The highest BCUT2D eigenvalue weighted by atomic mass is 35.5. The van der Waals surface area contributed by atoms with E-state index in [1.54, 1.807) is 18.2 Å². The number of halogens is 1. The standard InChI is InChI=1S/C11H13ClN2O4/c1-18-9-6-7(2-3-8(9)12)14-11(17)13-5-4-10(15)16/h2-3,6H,4-5H2,1H3,(H,15,16)(H2,13,14,17). The lowest BCUT2D eigenvalue weighted by Gasteiger charge is -2.09. The highest BCUT2D eigenvalue weighted by molar-refractivity contribution is 6.32.